The second-order valence-corrected chi connectivity index (χ2v) is 5.64. The average molecular weight is 250 g/mol. The molecule has 0 unspecified atom stereocenters. The summed E-state index contributed by atoms with van der Waals surface area (Å²) in [6.07, 6.45) is 5.08. The van der Waals surface area contributed by atoms with Gasteiger partial charge in [0.1, 0.15) is 0 Å². The number of benzene rings is 1. The number of carbonyl (C=O) groups is 1. The largest absolute Gasteiger partial charge is 0.349 e. The molecule has 0 heterocycles. The molecule has 2 aliphatic carbocycles. The molecule has 3 rings (SSSR count). The van der Waals surface area contributed by atoms with Gasteiger partial charge >= 0.3 is 0 Å². The van der Waals surface area contributed by atoms with Crippen molar-refractivity contribution in [1.82, 2.24) is 5.32 Å². The molecule has 2 aliphatic rings. The van der Waals surface area contributed by atoms with Gasteiger partial charge in [-0.25, -0.2) is 0 Å². The van der Waals surface area contributed by atoms with Crippen molar-refractivity contribution in [3.8, 4) is 0 Å². The van der Waals surface area contributed by atoms with Gasteiger partial charge in [0, 0.05) is 6.04 Å². The third kappa shape index (κ3) is 2.06. The Hall–Kier alpha value is -1.02. The second kappa shape index (κ2) is 4.34. The molecule has 3 atom stereocenters. The SMILES string of the molecule is O=C(N[C@H]1C[C@H]2CC[C@@H]1C2)c1ccccc1Cl. The number of fused-ring (bicyclic) bond motifs is 2. The van der Waals surface area contributed by atoms with Crippen LogP contribution in [0.4, 0.5) is 0 Å². The molecule has 0 radical (unpaired) electrons. The summed E-state index contributed by atoms with van der Waals surface area (Å²) in [4.78, 5) is 12.1. The highest BCUT2D eigenvalue weighted by molar-refractivity contribution is 6.33. The molecule has 2 fully saturated rings. The molecule has 1 aromatic carbocycles. The summed E-state index contributed by atoms with van der Waals surface area (Å²) < 4.78 is 0. The standard InChI is InChI=1S/C14H16ClNO/c15-12-4-2-1-3-11(12)14(17)16-13-8-9-5-6-10(13)7-9/h1-4,9-10,13H,5-8H2,(H,16,17)/t9-,10+,13-/m0/s1. The third-order valence-corrected chi connectivity index (χ3v) is 4.50. The fourth-order valence-corrected chi connectivity index (χ4v) is 3.53. The van der Waals surface area contributed by atoms with Crippen LogP contribution < -0.4 is 5.32 Å². The molecular formula is C14H16ClNO. The molecule has 0 spiro atoms. The van der Waals surface area contributed by atoms with Gasteiger partial charge in [-0.1, -0.05) is 30.2 Å². The maximum atomic E-state index is 12.1. The fourth-order valence-electron chi connectivity index (χ4n) is 3.31. The first kappa shape index (κ1) is 11.1. The van der Waals surface area contributed by atoms with E-state index in [1.54, 1.807) is 12.1 Å². The minimum atomic E-state index is -0.0202. The van der Waals surface area contributed by atoms with E-state index in [2.05, 4.69) is 5.32 Å². The fraction of sp³-hybridized carbons (Fsp3) is 0.500. The van der Waals surface area contributed by atoms with E-state index < -0.39 is 0 Å². The first-order chi connectivity index (χ1) is 8.24. The van der Waals surface area contributed by atoms with E-state index in [1.807, 2.05) is 12.1 Å². The number of nitrogens with one attached hydrogen (secondary N) is 1. The van der Waals surface area contributed by atoms with E-state index >= 15 is 0 Å². The summed E-state index contributed by atoms with van der Waals surface area (Å²) in [7, 11) is 0. The van der Waals surface area contributed by atoms with Crippen LogP contribution in [0.25, 0.3) is 0 Å². The minimum absolute atomic E-state index is 0.0202. The molecule has 2 saturated carbocycles. The highest BCUT2D eigenvalue weighted by Gasteiger charge is 2.40. The van der Waals surface area contributed by atoms with Crippen molar-refractivity contribution in [3.63, 3.8) is 0 Å². The number of halogens is 1. The van der Waals surface area contributed by atoms with Crippen LogP contribution in [0.1, 0.15) is 36.0 Å². The molecule has 0 aliphatic heterocycles. The molecule has 1 N–H and O–H groups in total. The molecule has 17 heavy (non-hydrogen) atoms. The highest BCUT2D eigenvalue weighted by Crippen LogP contribution is 2.44. The van der Waals surface area contributed by atoms with Gasteiger partial charge < -0.3 is 5.32 Å². The van der Waals surface area contributed by atoms with Crippen molar-refractivity contribution in [2.75, 3.05) is 0 Å². The lowest BCUT2D eigenvalue weighted by molar-refractivity contribution is 0.0923. The molecule has 0 saturated heterocycles. The van der Waals surface area contributed by atoms with Gasteiger partial charge in [-0.2, -0.15) is 0 Å². The van der Waals surface area contributed by atoms with Crippen LogP contribution in [-0.2, 0) is 0 Å². The summed E-state index contributed by atoms with van der Waals surface area (Å²) in [6.45, 7) is 0. The Morgan fingerprint density at radius 1 is 1.24 bits per heavy atom. The summed E-state index contributed by atoms with van der Waals surface area (Å²) in [5.74, 6) is 1.52. The lowest BCUT2D eigenvalue weighted by Gasteiger charge is -2.23. The van der Waals surface area contributed by atoms with Crippen LogP contribution in [-0.4, -0.2) is 11.9 Å². The van der Waals surface area contributed by atoms with Crippen molar-refractivity contribution in [3.05, 3.63) is 34.9 Å². The monoisotopic (exact) mass is 249 g/mol. The molecule has 2 nitrogen and oxygen atoms in total. The molecule has 1 amide bonds. The smallest absolute Gasteiger partial charge is 0.253 e. The van der Waals surface area contributed by atoms with E-state index in [4.69, 9.17) is 11.6 Å². The molecule has 2 bridgehead atoms. The van der Waals surface area contributed by atoms with E-state index in [9.17, 15) is 4.79 Å². The molecule has 90 valence electrons. The normalized spacial score (nSPS) is 30.5. The van der Waals surface area contributed by atoms with Gasteiger partial charge in [-0.15, -0.1) is 0 Å². The number of amides is 1. The minimum Gasteiger partial charge on any atom is -0.349 e. The molecular weight excluding hydrogens is 234 g/mol. The third-order valence-electron chi connectivity index (χ3n) is 4.17. The van der Waals surface area contributed by atoms with Crippen molar-refractivity contribution >= 4 is 17.5 Å². The zero-order chi connectivity index (χ0) is 11.8. The zero-order valence-electron chi connectivity index (χ0n) is 9.66. The summed E-state index contributed by atoms with van der Waals surface area (Å²) in [6, 6.07) is 7.61. The lowest BCUT2D eigenvalue weighted by atomic mass is 9.95. The summed E-state index contributed by atoms with van der Waals surface area (Å²) in [5, 5.41) is 3.68. The number of rotatable bonds is 2. The average Bonchev–Trinajstić information content (AvgIpc) is 2.91. The van der Waals surface area contributed by atoms with Crippen molar-refractivity contribution in [2.24, 2.45) is 11.8 Å². The molecule has 3 heteroatoms. The number of hydrogen-bond donors (Lipinski definition) is 1. The Labute approximate surface area is 106 Å². The van der Waals surface area contributed by atoms with Crippen molar-refractivity contribution in [1.29, 1.82) is 0 Å². The lowest BCUT2D eigenvalue weighted by Crippen LogP contribution is -2.38. The van der Waals surface area contributed by atoms with Crippen molar-refractivity contribution in [2.45, 2.75) is 31.7 Å². The Balaban J connectivity index is 1.70. The van der Waals surface area contributed by atoms with Crippen LogP contribution in [0.5, 0.6) is 0 Å². The number of carbonyl (C=O) groups excluding carboxylic acids is 1. The Kier molecular flexibility index (Phi) is 2.83. The predicted octanol–water partition coefficient (Wildman–Crippen LogP) is 3.26. The van der Waals surface area contributed by atoms with Crippen LogP contribution >= 0.6 is 11.6 Å². The Bertz CT molecular complexity index is 446. The first-order valence-electron chi connectivity index (χ1n) is 6.29. The van der Waals surface area contributed by atoms with Gasteiger partial charge in [0.25, 0.3) is 5.91 Å². The first-order valence-corrected chi connectivity index (χ1v) is 6.67. The van der Waals surface area contributed by atoms with Crippen LogP contribution in [0, 0.1) is 11.8 Å². The van der Waals surface area contributed by atoms with E-state index in [1.165, 1.54) is 19.3 Å². The maximum absolute atomic E-state index is 12.1. The highest BCUT2D eigenvalue weighted by atomic mass is 35.5. The predicted molar refractivity (Wildman–Crippen MR) is 68.2 cm³/mol. The van der Waals surface area contributed by atoms with Gasteiger partial charge in [0.05, 0.1) is 10.6 Å². The summed E-state index contributed by atoms with van der Waals surface area (Å²) >= 11 is 6.02. The van der Waals surface area contributed by atoms with Crippen LogP contribution in [0.15, 0.2) is 24.3 Å². The van der Waals surface area contributed by atoms with Crippen LogP contribution in [0.2, 0.25) is 5.02 Å². The van der Waals surface area contributed by atoms with Gasteiger partial charge in [0.15, 0.2) is 0 Å². The molecule has 0 aromatic heterocycles. The Morgan fingerprint density at radius 3 is 2.71 bits per heavy atom. The van der Waals surface area contributed by atoms with Gasteiger partial charge in [-0.05, 0) is 43.2 Å². The maximum Gasteiger partial charge on any atom is 0.253 e. The van der Waals surface area contributed by atoms with Gasteiger partial charge in [-0.3, -0.25) is 4.79 Å². The summed E-state index contributed by atoms with van der Waals surface area (Å²) in [5.41, 5.74) is 0.594. The zero-order valence-corrected chi connectivity index (χ0v) is 10.4. The van der Waals surface area contributed by atoms with E-state index in [0.717, 1.165) is 12.3 Å². The quantitative estimate of drug-likeness (QED) is 0.857. The second-order valence-electron chi connectivity index (χ2n) is 5.23. The van der Waals surface area contributed by atoms with Crippen LogP contribution in [0.3, 0.4) is 0 Å². The Morgan fingerprint density at radius 2 is 2.06 bits per heavy atom. The van der Waals surface area contributed by atoms with Gasteiger partial charge in [0.2, 0.25) is 0 Å². The van der Waals surface area contributed by atoms with E-state index in [0.29, 0.717) is 22.5 Å². The van der Waals surface area contributed by atoms with E-state index in [-0.39, 0.29) is 5.91 Å². The topological polar surface area (TPSA) is 29.1 Å². The molecule has 1 aromatic rings. The van der Waals surface area contributed by atoms with Crippen molar-refractivity contribution < 1.29 is 4.79 Å². The number of hydrogen-bond acceptors (Lipinski definition) is 1.